The van der Waals surface area contributed by atoms with Gasteiger partial charge in [0.1, 0.15) is 0 Å². The van der Waals surface area contributed by atoms with Crippen LogP contribution in [-0.2, 0) is 19.1 Å². The van der Waals surface area contributed by atoms with Crippen molar-refractivity contribution in [2.45, 2.75) is 242 Å². The molecule has 1 fully saturated rings. The minimum Gasteiger partial charge on any atom is -0.465 e. The highest BCUT2D eigenvalue weighted by Crippen LogP contribution is 2.37. The molecule has 0 aromatic carbocycles. The Morgan fingerprint density at radius 2 is 0.839 bits per heavy atom. The van der Waals surface area contributed by atoms with E-state index >= 15 is 0 Å². The maximum Gasteiger partial charge on any atom is 0.305 e. The minimum atomic E-state index is 0.00679. The zero-order valence-electron chi connectivity index (χ0n) is 39.4. The second-order valence-electron chi connectivity index (χ2n) is 20.4. The zero-order valence-corrected chi connectivity index (χ0v) is 39.4. The molecule has 1 saturated heterocycles. The highest BCUT2D eigenvalue weighted by molar-refractivity contribution is 5.69. The fraction of sp³-hybridized carbons (Fsp3) is 0.961. The average Bonchev–Trinajstić information content (AvgIpc) is 3.15. The van der Waals surface area contributed by atoms with Crippen molar-refractivity contribution in [2.75, 3.05) is 32.8 Å². The van der Waals surface area contributed by atoms with Gasteiger partial charge in [-0.1, -0.05) is 165 Å². The first-order valence-corrected chi connectivity index (χ1v) is 24.8. The number of rotatable bonds is 37. The van der Waals surface area contributed by atoms with Gasteiger partial charge in [-0.2, -0.15) is 0 Å². The van der Waals surface area contributed by atoms with Crippen molar-refractivity contribution in [2.24, 2.45) is 40.9 Å². The van der Waals surface area contributed by atoms with E-state index in [1.165, 1.54) is 148 Å². The van der Waals surface area contributed by atoms with E-state index in [0.717, 1.165) is 38.5 Å². The predicted octanol–water partition coefficient (Wildman–Crippen LogP) is 15.2. The van der Waals surface area contributed by atoms with Crippen molar-refractivity contribution in [3.8, 4) is 0 Å². The number of hydrogen-bond acceptors (Lipinski definition) is 5. The van der Waals surface area contributed by atoms with Gasteiger partial charge in [0.05, 0.1) is 13.2 Å². The number of carbonyl (C=O) groups excluding carboxylic acids is 2. The molecule has 56 heavy (non-hydrogen) atoms. The first kappa shape index (κ1) is 52.9. The van der Waals surface area contributed by atoms with Gasteiger partial charge in [-0.05, 0) is 125 Å². The maximum absolute atomic E-state index is 12.4. The van der Waals surface area contributed by atoms with Crippen LogP contribution in [0, 0.1) is 40.9 Å². The molecule has 1 heterocycles. The lowest BCUT2D eigenvalue weighted by Crippen LogP contribution is -2.30. The van der Waals surface area contributed by atoms with Gasteiger partial charge in [0.25, 0.3) is 0 Å². The lowest BCUT2D eigenvalue weighted by molar-refractivity contribution is -0.146. The minimum absolute atomic E-state index is 0.00679. The van der Waals surface area contributed by atoms with Crippen molar-refractivity contribution in [3.63, 3.8) is 0 Å². The Morgan fingerprint density at radius 1 is 0.482 bits per heavy atom. The van der Waals surface area contributed by atoms with Crippen LogP contribution >= 0.6 is 0 Å². The Balaban J connectivity index is 2.27. The smallest absolute Gasteiger partial charge is 0.305 e. The second kappa shape index (κ2) is 33.7. The molecule has 5 heteroatoms. The molecule has 2 unspecified atom stereocenters. The number of nitrogens with zero attached hydrogens (tertiary/aromatic N) is 1. The molecule has 1 rings (SSSR count). The number of piperidine rings is 1. The van der Waals surface area contributed by atoms with E-state index in [2.05, 4.69) is 67.2 Å². The molecule has 2 atom stereocenters. The quantitative estimate of drug-likeness (QED) is 0.0463. The lowest BCUT2D eigenvalue weighted by Gasteiger charge is -2.31. The molecular formula is C51H99NO4. The third-order valence-corrected chi connectivity index (χ3v) is 13.3. The number of carbonyl (C=O) groups is 2. The first-order valence-electron chi connectivity index (χ1n) is 24.8. The Morgan fingerprint density at radius 3 is 1.21 bits per heavy atom. The molecule has 5 nitrogen and oxygen atoms in total. The van der Waals surface area contributed by atoms with E-state index in [9.17, 15) is 9.59 Å². The van der Waals surface area contributed by atoms with Crippen molar-refractivity contribution in [1.82, 2.24) is 4.90 Å². The van der Waals surface area contributed by atoms with Gasteiger partial charge in [-0.25, -0.2) is 0 Å². The molecule has 0 bridgehead atoms. The standard InChI is InChI=1S/C51H99NO4/c1-43(2)31-33-47(45(5)6)41-55-49(53)29-21-16-12-10-14-18-23-35-51(9,37-25-28-40-52-38-26-20-27-39-52)36-24-19-15-11-13-17-22-30-50(54)56-42-48(46(7)8)34-32-44(3)4/h43-48H,10-42H2,1-9H3. The molecule has 0 N–H and O–H groups in total. The molecule has 0 spiro atoms. The molecule has 0 aromatic heterocycles. The van der Waals surface area contributed by atoms with Crippen LogP contribution in [0.15, 0.2) is 0 Å². The lowest BCUT2D eigenvalue weighted by atomic mass is 9.76. The topological polar surface area (TPSA) is 55.8 Å². The molecular weight excluding hydrogens is 691 g/mol. The van der Waals surface area contributed by atoms with Crippen LogP contribution in [0.2, 0.25) is 0 Å². The Bertz CT molecular complexity index is 865. The summed E-state index contributed by atoms with van der Waals surface area (Å²) in [5.74, 6) is 3.53. The van der Waals surface area contributed by atoms with Gasteiger partial charge in [0.2, 0.25) is 0 Å². The molecule has 0 aliphatic carbocycles. The monoisotopic (exact) mass is 790 g/mol. The Hall–Kier alpha value is -1.10. The van der Waals surface area contributed by atoms with Gasteiger partial charge in [-0.3, -0.25) is 9.59 Å². The Labute approximate surface area is 350 Å². The summed E-state index contributed by atoms with van der Waals surface area (Å²) in [6.07, 6.45) is 34.4. The van der Waals surface area contributed by atoms with E-state index in [1.807, 2.05) is 0 Å². The summed E-state index contributed by atoms with van der Waals surface area (Å²) in [6, 6.07) is 0. The third-order valence-electron chi connectivity index (χ3n) is 13.3. The van der Waals surface area contributed by atoms with Crippen molar-refractivity contribution in [3.05, 3.63) is 0 Å². The van der Waals surface area contributed by atoms with E-state index in [1.54, 1.807) is 0 Å². The first-order chi connectivity index (χ1) is 26.8. The van der Waals surface area contributed by atoms with Crippen LogP contribution in [0.1, 0.15) is 242 Å². The van der Waals surface area contributed by atoms with Crippen LogP contribution in [0.5, 0.6) is 0 Å². The molecule has 1 aliphatic heterocycles. The van der Waals surface area contributed by atoms with Crippen LogP contribution in [0.25, 0.3) is 0 Å². The highest BCUT2D eigenvalue weighted by atomic mass is 16.5. The van der Waals surface area contributed by atoms with Gasteiger partial charge >= 0.3 is 11.9 Å². The summed E-state index contributed by atoms with van der Waals surface area (Å²) >= 11 is 0. The summed E-state index contributed by atoms with van der Waals surface area (Å²) in [5, 5.41) is 0. The van der Waals surface area contributed by atoms with Crippen molar-refractivity contribution >= 4 is 11.9 Å². The van der Waals surface area contributed by atoms with Gasteiger partial charge < -0.3 is 14.4 Å². The van der Waals surface area contributed by atoms with Crippen LogP contribution in [-0.4, -0.2) is 49.7 Å². The van der Waals surface area contributed by atoms with E-state index in [4.69, 9.17) is 9.47 Å². The number of esters is 2. The fourth-order valence-corrected chi connectivity index (χ4v) is 8.71. The molecule has 0 radical (unpaired) electrons. The van der Waals surface area contributed by atoms with Crippen LogP contribution in [0.4, 0.5) is 0 Å². The molecule has 1 aliphatic rings. The summed E-state index contributed by atoms with van der Waals surface area (Å²) in [4.78, 5) is 27.5. The summed E-state index contributed by atoms with van der Waals surface area (Å²) in [5.41, 5.74) is 0.481. The van der Waals surface area contributed by atoms with Gasteiger partial charge in [0, 0.05) is 12.8 Å². The van der Waals surface area contributed by atoms with E-state index in [0.29, 0.717) is 67.0 Å². The molecule has 0 amide bonds. The Kier molecular flexibility index (Phi) is 31.8. The maximum atomic E-state index is 12.4. The fourth-order valence-electron chi connectivity index (χ4n) is 8.71. The van der Waals surface area contributed by atoms with Gasteiger partial charge in [0.15, 0.2) is 0 Å². The SMILES string of the molecule is CC(C)CCC(COC(=O)CCCCCCCCCC(C)(CCCCCCCCCC(=O)OCC(CCC(C)C)C(C)C)CCCCN1CCCCC1)C(C)C. The molecule has 332 valence electrons. The van der Waals surface area contributed by atoms with E-state index in [-0.39, 0.29) is 11.9 Å². The highest BCUT2D eigenvalue weighted by Gasteiger charge is 2.23. The number of likely N-dealkylation sites (tertiary alicyclic amines) is 1. The molecule has 0 aromatic rings. The van der Waals surface area contributed by atoms with Crippen molar-refractivity contribution in [1.29, 1.82) is 0 Å². The van der Waals surface area contributed by atoms with Gasteiger partial charge in [-0.15, -0.1) is 0 Å². The number of unbranched alkanes of at least 4 members (excludes halogenated alkanes) is 13. The normalized spacial score (nSPS) is 16.2. The van der Waals surface area contributed by atoms with Crippen molar-refractivity contribution < 1.29 is 19.1 Å². The predicted molar refractivity (Wildman–Crippen MR) is 242 cm³/mol. The molecule has 0 saturated carbocycles. The summed E-state index contributed by atoms with van der Waals surface area (Å²) < 4.78 is 11.4. The van der Waals surface area contributed by atoms with Crippen LogP contribution in [0.3, 0.4) is 0 Å². The zero-order chi connectivity index (χ0) is 41.4. The average molecular weight is 790 g/mol. The second-order valence-corrected chi connectivity index (χ2v) is 20.4. The number of ether oxygens (including phenoxy) is 2. The third kappa shape index (κ3) is 30.0. The van der Waals surface area contributed by atoms with Crippen LogP contribution < -0.4 is 0 Å². The summed E-state index contributed by atoms with van der Waals surface area (Å²) in [7, 11) is 0. The summed E-state index contributed by atoms with van der Waals surface area (Å²) in [6.45, 7) is 25.8. The largest absolute Gasteiger partial charge is 0.465 e. The number of hydrogen-bond donors (Lipinski definition) is 0. The van der Waals surface area contributed by atoms with E-state index < -0.39 is 0 Å².